The van der Waals surface area contributed by atoms with E-state index in [4.69, 9.17) is 16.5 Å². The van der Waals surface area contributed by atoms with E-state index in [1.807, 2.05) is 84.9 Å². The van der Waals surface area contributed by atoms with Gasteiger partial charge in [0.2, 0.25) is 0 Å². The van der Waals surface area contributed by atoms with Crippen molar-refractivity contribution in [3.8, 4) is 79.0 Å². The highest BCUT2D eigenvalue weighted by Gasteiger charge is 2.23. The average Bonchev–Trinajstić information content (AvgIpc) is 3.65. The number of aromatic nitrogens is 3. The fraction of sp³-hybridized carbons (Fsp3) is 0.0182. The first-order chi connectivity index (χ1) is 29.6. The lowest BCUT2D eigenvalue weighted by atomic mass is 9.92. The minimum Gasteiger partial charge on any atom is -0.308 e. The zero-order valence-corrected chi connectivity index (χ0v) is 32.7. The second-order valence-electron chi connectivity index (χ2n) is 14.9. The number of benzene rings is 8. The van der Waals surface area contributed by atoms with E-state index >= 15 is 0 Å². The highest BCUT2D eigenvalue weighted by atomic mass is 15.0. The van der Waals surface area contributed by atoms with E-state index in [9.17, 15) is 5.26 Å². The van der Waals surface area contributed by atoms with E-state index in [1.54, 1.807) is 0 Å². The maximum absolute atomic E-state index is 9.84. The van der Waals surface area contributed by atoms with Crippen LogP contribution in [0.5, 0.6) is 0 Å². The second kappa shape index (κ2) is 15.2. The van der Waals surface area contributed by atoms with Gasteiger partial charge in [-0.25, -0.2) is 14.8 Å². The lowest BCUT2D eigenvalue weighted by Crippen LogP contribution is -2.03. The largest absolute Gasteiger partial charge is 0.308 e. The van der Waals surface area contributed by atoms with Gasteiger partial charge in [0.25, 0.3) is 0 Å². The van der Waals surface area contributed by atoms with Crippen molar-refractivity contribution in [3.63, 3.8) is 0 Å². The normalized spacial score (nSPS) is 11.1. The number of hydrogen-bond acceptors (Lipinski definition) is 3. The zero-order valence-electron chi connectivity index (χ0n) is 32.7. The van der Waals surface area contributed by atoms with Crippen LogP contribution in [0.15, 0.2) is 194 Å². The number of fused-ring (bicyclic) bond motifs is 3. The van der Waals surface area contributed by atoms with Crippen LogP contribution in [0.1, 0.15) is 11.1 Å². The molecule has 0 saturated heterocycles. The smallest absolute Gasteiger partial charge is 0.187 e. The lowest BCUT2D eigenvalue weighted by Gasteiger charge is -2.21. The molecule has 0 spiro atoms. The standard InChI is InChI=1S/C55H35N5/c1-36-13-9-10-18-45(36)42-27-30-53-49(31-42)46-19-11-12-20-52(46)60(53)54-47(38-23-21-37(35-56)22-24-38)32-43(33-48(54)39-25-28-44(57-2)29-26-39)55-58-50(40-14-5-3-6-15-40)34-51(59-55)41-16-7-4-8-17-41/h3-34H,1H3. The number of aryl methyl sites for hydroxylation is 1. The molecule has 5 heteroatoms. The van der Waals surface area contributed by atoms with Gasteiger partial charge in [-0.3, -0.25) is 0 Å². The summed E-state index contributed by atoms with van der Waals surface area (Å²) >= 11 is 0. The number of nitriles is 1. The van der Waals surface area contributed by atoms with Gasteiger partial charge < -0.3 is 4.57 Å². The maximum Gasteiger partial charge on any atom is 0.187 e. The Morgan fingerprint density at radius 2 is 1.03 bits per heavy atom. The second-order valence-corrected chi connectivity index (χ2v) is 14.9. The molecule has 280 valence electrons. The van der Waals surface area contributed by atoms with Crippen LogP contribution in [0.25, 0.3) is 99.6 Å². The van der Waals surface area contributed by atoms with Crippen molar-refractivity contribution < 1.29 is 0 Å². The van der Waals surface area contributed by atoms with Gasteiger partial charge in [-0.05, 0) is 83.3 Å². The van der Waals surface area contributed by atoms with E-state index in [1.165, 1.54) is 11.1 Å². The third-order valence-electron chi connectivity index (χ3n) is 11.2. The van der Waals surface area contributed by atoms with Crippen LogP contribution >= 0.6 is 0 Å². The van der Waals surface area contributed by atoms with Crippen molar-refractivity contribution in [3.05, 3.63) is 217 Å². The molecular weight excluding hydrogens is 731 g/mol. The molecule has 0 N–H and O–H groups in total. The van der Waals surface area contributed by atoms with Crippen LogP contribution in [0.3, 0.4) is 0 Å². The SMILES string of the molecule is [C-]#[N+]c1ccc(-c2cc(-c3nc(-c4ccccc4)cc(-c4ccccc4)n3)cc(-c3ccc(C#N)cc3)c2-n2c3ccccc3c3cc(-c4ccccc4C)ccc32)cc1. The Bertz CT molecular complexity index is 3180. The molecule has 60 heavy (non-hydrogen) atoms. The number of hydrogen-bond donors (Lipinski definition) is 0. The molecule has 0 fully saturated rings. The maximum atomic E-state index is 9.84. The van der Waals surface area contributed by atoms with Gasteiger partial charge in [0.15, 0.2) is 11.5 Å². The average molecular weight is 766 g/mol. The summed E-state index contributed by atoms with van der Waals surface area (Å²) in [5.41, 5.74) is 16.0. The Labute approximate surface area is 348 Å². The van der Waals surface area contributed by atoms with Gasteiger partial charge in [-0.1, -0.05) is 146 Å². The van der Waals surface area contributed by atoms with Gasteiger partial charge in [-0.2, -0.15) is 5.26 Å². The van der Waals surface area contributed by atoms with Gasteiger partial charge >= 0.3 is 0 Å². The third-order valence-corrected chi connectivity index (χ3v) is 11.2. The monoisotopic (exact) mass is 765 g/mol. The van der Waals surface area contributed by atoms with Crippen LogP contribution in [0, 0.1) is 24.8 Å². The highest BCUT2D eigenvalue weighted by molar-refractivity contribution is 6.12. The lowest BCUT2D eigenvalue weighted by molar-refractivity contribution is 1.17. The summed E-state index contributed by atoms with van der Waals surface area (Å²) in [6.45, 7) is 9.89. The first-order valence-electron chi connectivity index (χ1n) is 19.8. The van der Waals surface area contributed by atoms with Crippen molar-refractivity contribution in [2.45, 2.75) is 6.92 Å². The number of rotatable bonds is 7. The number of para-hydroxylation sites is 1. The van der Waals surface area contributed by atoms with Crippen LogP contribution in [-0.4, -0.2) is 14.5 Å². The summed E-state index contributed by atoms with van der Waals surface area (Å²) in [4.78, 5) is 14.2. The van der Waals surface area contributed by atoms with Crippen molar-refractivity contribution in [1.82, 2.24) is 14.5 Å². The molecule has 0 bridgehead atoms. The van der Waals surface area contributed by atoms with E-state index in [2.05, 4.69) is 132 Å². The molecule has 0 aliphatic carbocycles. The molecule has 10 aromatic rings. The minimum absolute atomic E-state index is 0.566. The minimum atomic E-state index is 0.566. The van der Waals surface area contributed by atoms with Crippen molar-refractivity contribution in [2.75, 3.05) is 0 Å². The molecule has 0 aliphatic heterocycles. The Morgan fingerprint density at radius 1 is 0.483 bits per heavy atom. The van der Waals surface area contributed by atoms with E-state index in [-0.39, 0.29) is 0 Å². The molecular formula is C55H35N5. The topological polar surface area (TPSA) is 58.9 Å². The Kier molecular flexibility index (Phi) is 9.10. The number of nitrogens with zero attached hydrogens (tertiary/aromatic N) is 5. The van der Waals surface area contributed by atoms with Crippen molar-refractivity contribution in [1.29, 1.82) is 5.26 Å². The summed E-state index contributed by atoms with van der Waals surface area (Å²) < 4.78 is 2.37. The molecule has 5 nitrogen and oxygen atoms in total. The highest BCUT2D eigenvalue weighted by Crippen LogP contribution is 2.45. The molecule has 0 saturated carbocycles. The molecule has 2 heterocycles. The van der Waals surface area contributed by atoms with Crippen LogP contribution in [-0.2, 0) is 0 Å². The third kappa shape index (κ3) is 6.47. The van der Waals surface area contributed by atoms with Crippen molar-refractivity contribution >= 4 is 27.5 Å². The van der Waals surface area contributed by atoms with Gasteiger partial charge in [0.1, 0.15) is 0 Å². The van der Waals surface area contributed by atoms with E-state index in [0.29, 0.717) is 17.1 Å². The molecule has 0 atom stereocenters. The first-order valence-corrected chi connectivity index (χ1v) is 19.8. The quantitative estimate of drug-likeness (QED) is 0.152. The van der Waals surface area contributed by atoms with E-state index in [0.717, 1.165) is 83.4 Å². The van der Waals surface area contributed by atoms with Crippen LogP contribution in [0.4, 0.5) is 5.69 Å². The van der Waals surface area contributed by atoms with E-state index < -0.39 is 0 Å². The first kappa shape index (κ1) is 36.0. The fourth-order valence-corrected chi connectivity index (χ4v) is 8.25. The van der Waals surface area contributed by atoms with Crippen LogP contribution < -0.4 is 0 Å². The Balaban J connectivity index is 1.32. The van der Waals surface area contributed by atoms with Gasteiger partial charge in [-0.15, -0.1) is 0 Å². The Morgan fingerprint density at radius 3 is 1.65 bits per heavy atom. The van der Waals surface area contributed by atoms with Gasteiger partial charge in [0.05, 0.1) is 46.3 Å². The summed E-state index contributed by atoms with van der Waals surface area (Å²) in [5.74, 6) is 0.584. The molecule has 2 aromatic heterocycles. The fourth-order valence-electron chi connectivity index (χ4n) is 8.25. The molecule has 0 aliphatic rings. The summed E-state index contributed by atoms with van der Waals surface area (Å²) in [5, 5.41) is 12.1. The molecule has 8 aromatic carbocycles. The van der Waals surface area contributed by atoms with Gasteiger partial charge in [0, 0.05) is 38.6 Å². The summed E-state index contributed by atoms with van der Waals surface area (Å²) in [7, 11) is 0. The Hall–Kier alpha value is -8.38. The molecule has 0 unspecified atom stereocenters. The van der Waals surface area contributed by atoms with Crippen molar-refractivity contribution in [2.24, 2.45) is 0 Å². The molecule has 0 amide bonds. The predicted octanol–water partition coefficient (Wildman–Crippen LogP) is 14.3. The molecule has 0 radical (unpaired) electrons. The predicted molar refractivity (Wildman–Crippen MR) is 245 cm³/mol. The summed E-state index contributed by atoms with van der Waals surface area (Å²) in [6.07, 6.45) is 0. The molecule has 10 rings (SSSR count). The summed E-state index contributed by atoms with van der Waals surface area (Å²) in [6, 6.07) is 68.6. The van der Waals surface area contributed by atoms with Crippen LogP contribution in [0.2, 0.25) is 0 Å². The zero-order chi connectivity index (χ0) is 40.6.